The molecule has 0 amide bonds. The number of phosphoric acid groups is 2. The van der Waals surface area contributed by atoms with Gasteiger partial charge in [0.15, 0.2) is 12.2 Å². The van der Waals surface area contributed by atoms with E-state index in [1.807, 2.05) is 0 Å². The summed E-state index contributed by atoms with van der Waals surface area (Å²) in [6.07, 6.45) is 53.3. The van der Waals surface area contributed by atoms with Crippen LogP contribution in [0, 0.1) is 11.8 Å². The van der Waals surface area contributed by atoms with Crippen molar-refractivity contribution in [2.24, 2.45) is 11.8 Å². The van der Waals surface area contributed by atoms with E-state index in [0.717, 1.165) is 108 Å². The van der Waals surface area contributed by atoms with Crippen LogP contribution >= 0.6 is 15.6 Å². The number of phosphoric ester groups is 2. The van der Waals surface area contributed by atoms with Crippen molar-refractivity contribution in [2.75, 3.05) is 39.6 Å². The Labute approximate surface area is 568 Å². The van der Waals surface area contributed by atoms with Crippen LogP contribution in [0.25, 0.3) is 0 Å². The zero-order valence-corrected chi connectivity index (χ0v) is 62.3. The molecule has 93 heavy (non-hydrogen) atoms. The molecular weight excluding hydrogens is 1220 g/mol. The highest BCUT2D eigenvalue weighted by atomic mass is 31.2. The average molecular weight is 1370 g/mol. The maximum absolute atomic E-state index is 13.1. The van der Waals surface area contributed by atoms with Gasteiger partial charge >= 0.3 is 39.5 Å². The Hall–Kier alpha value is -1.94. The lowest BCUT2D eigenvalue weighted by molar-refractivity contribution is -0.161. The van der Waals surface area contributed by atoms with Crippen LogP contribution in [0.5, 0.6) is 0 Å². The summed E-state index contributed by atoms with van der Waals surface area (Å²) in [5, 5.41) is 10.6. The smallest absolute Gasteiger partial charge is 0.462 e. The molecule has 0 aliphatic carbocycles. The summed E-state index contributed by atoms with van der Waals surface area (Å²) in [6.45, 7) is 9.47. The number of carbonyl (C=O) groups is 4. The topological polar surface area (TPSA) is 237 Å². The highest BCUT2D eigenvalue weighted by molar-refractivity contribution is 7.47. The second-order valence-corrected chi connectivity index (χ2v) is 30.5. The second kappa shape index (κ2) is 66.0. The van der Waals surface area contributed by atoms with Crippen LogP contribution in [0.1, 0.15) is 382 Å². The lowest BCUT2D eigenvalue weighted by Gasteiger charge is -2.21. The average Bonchev–Trinajstić information content (AvgIpc) is 1.73. The number of unbranched alkanes of at least 4 members (excludes halogenated alkanes) is 43. The SMILES string of the molecule is CCCCCCCCCCCCCCCCCCCCCCCCC(=O)O[C@H](COC(=O)CCCCCCCCCCCCC(C)C)COP(=O)(O)OC[C@@H](O)COP(=O)(O)OC[C@@H](COC(=O)CCCCCCC)OC(=O)CCCCCCCCCCCCC(C)C. The Morgan fingerprint density at radius 3 is 0.731 bits per heavy atom. The largest absolute Gasteiger partial charge is 0.472 e. The van der Waals surface area contributed by atoms with Crippen molar-refractivity contribution >= 4 is 39.5 Å². The van der Waals surface area contributed by atoms with Crippen molar-refractivity contribution in [3.05, 3.63) is 0 Å². The van der Waals surface area contributed by atoms with Crippen LogP contribution < -0.4 is 0 Å². The second-order valence-electron chi connectivity index (χ2n) is 27.6. The third-order valence-corrected chi connectivity index (χ3v) is 19.1. The van der Waals surface area contributed by atoms with Crippen molar-refractivity contribution < 1.29 is 80.2 Å². The van der Waals surface area contributed by atoms with Gasteiger partial charge in [-0.2, -0.15) is 0 Å². The lowest BCUT2D eigenvalue weighted by Crippen LogP contribution is -2.30. The molecule has 0 aliphatic rings. The van der Waals surface area contributed by atoms with E-state index in [9.17, 15) is 43.2 Å². The van der Waals surface area contributed by atoms with Gasteiger partial charge in [-0.25, -0.2) is 9.13 Å². The maximum atomic E-state index is 13.1. The Morgan fingerprint density at radius 2 is 0.495 bits per heavy atom. The first-order valence-corrected chi connectivity index (χ1v) is 41.5. The summed E-state index contributed by atoms with van der Waals surface area (Å²) >= 11 is 0. The fourth-order valence-corrected chi connectivity index (χ4v) is 12.9. The van der Waals surface area contributed by atoms with Gasteiger partial charge in [0, 0.05) is 25.7 Å². The number of carbonyl (C=O) groups excluding carboxylic acids is 4. The maximum Gasteiger partial charge on any atom is 0.472 e. The molecule has 0 bridgehead atoms. The number of hydrogen-bond acceptors (Lipinski definition) is 15. The van der Waals surface area contributed by atoms with Gasteiger partial charge in [0.25, 0.3) is 0 Å². The third-order valence-electron chi connectivity index (χ3n) is 17.2. The summed E-state index contributed by atoms with van der Waals surface area (Å²) in [5.74, 6) is -0.621. The zero-order valence-electron chi connectivity index (χ0n) is 60.6. The minimum atomic E-state index is -4.95. The van der Waals surface area contributed by atoms with Gasteiger partial charge in [-0.05, 0) is 37.5 Å². The molecule has 0 aromatic rings. The molecule has 0 aliphatic heterocycles. The molecule has 0 spiro atoms. The van der Waals surface area contributed by atoms with Crippen LogP contribution in [-0.4, -0.2) is 96.7 Å². The quantitative estimate of drug-likeness (QED) is 0.0222. The van der Waals surface area contributed by atoms with E-state index < -0.39 is 97.5 Å². The van der Waals surface area contributed by atoms with Crippen molar-refractivity contribution in [1.82, 2.24) is 0 Å². The molecule has 2 unspecified atom stereocenters. The van der Waals surface area contributed by atoms with E-state index in [0.29, 0.717) is 25.7 Å². The number of esters is 4. The van der Waals surface area contributed by atoms with E-state index in [1.165, 1.54) is 193 Å². The minimum Gasteiger partial charge on any atom is -0.462 e. The fourth-order valence-electron chi connectivity index (χ4n) is 11.3. The van der Waals surface area contributed by atoms with Gasteiger partial charge in [-0.1, -0.05) is 330 Å². The van der Waals surface area contributed by atoms with Crippen molar-refractivity contribution in [2.45, 2.75) is 400 Å². The van der Waals surface area contributed by atoms with Crippen LogP contribution in [-0.2, 0) is 65.4 Å². The first-order valence-electron chi connectivity index (χ1n) is 38.5. The summed E-state index contributed by atoms with van der Waals surface area (Å²) in [5.41, 5.74) is 0. The van der Waals surface area contributed by atoms with Crippen molar-refractivity contribution in [3.8, 4) is 0 Å². The predicted molar refractivity (Wildman–Crippen MR) is 377 cm³/mol. The standard InChI is InChI=1S/C74H144O17P2/c1-7-9-11-13-14-15-16-17-18-19-20-21-22-23-24-25-26-27-35-40-46-52-58-74(79)91-70(63-85-72(77)57-51-45-39-34-30-28-32-37-43-48-54-66(3)4)65-89-93(82,83)87-61-68(75)60-86-92(80,81)88-64-69(62-84-71(76)56-50-42-12-10-8-2)90-73(78)59-53-47-41-36-31-29-33-38-44-49-55-67(5)6/h66-70,75H,7-65H2,1-6H3,(H,80,81)(H,82,83)/t68-,69+,70+/m0/s1. The van der Waals surface area contributed by atoms with Gasteiger partial charge in [-0.15, -0.1) is 0 Å². The highest BCUT2D eigenvalue weighted by Crippen LogP contribution is 2.45. The molecule has 0 aromatic carbocycles. The van der Waals surface area contributed by atoms with E-state index in [-0.39, 0.29) is 25.7 Å². The molecule has 0 saturated heterocycles. The summed E-state index contributed by atoms with van der Waals surface area (Å²) in [7, 11) is -9.90. The molecule has 17 nitrogen and oxygen atoms in total. The Balaban J connectivity index is 5.10. The van der Waals surface area contributed by atoms with E-state index in [4.69, 9.17) is 37.0 Å². The Bertz CT molecular complexity index is 1800. The van der Waals surface area contributed by atoms with Gasteiger partial charge in [0.05, 0.1) is 26.4 Å². The van der Waals surface area contributed by atoms with Gasteiger partial charge in [-0.3, -0.25) is 37.3 Å². The van der Waals surface area contributed by atoms with Crippen LogP contribution in [0.3, 0.4) is 0 Å². The molecule has 19 heteroatoms. The Morgan fingerprint density at radius 1 is 0.290 bits per heavy atom. The van der Waals surface area contributed by atoms with Crippen LogP contribution in [0.15, 0.2) is 0 Å². The van der Waals surface area contributed by atoms with Crippen molar-refractivity contribution in [3.63, 3.8) is 0 Å². The van der Waals surface area contributed by atoms with E-state index >= 15 is 0 Å². The normalized spacial score (nSPS) is 14.1. The number of aliphatic hydroxyl groups excluding tert-OH is 1. The predicted octanol–water partition coefficient (Wildman–Crippen LogP) is 21.6. The first-order chi connectivity index (χ1) is 44.9. The molecule has 0 radical (unpaired) electrons. The zero-order chi connectivity index (χ0) is 68.6. The summed E-state index contributed by atoms with van der Waals surface area (Å²) in [6, 6.07) is 0. The van der Waals surface area contributed by atoms with E-state index in [1.54, 1.807) is 0 Å². The molecule has 5 atom stereocenters. The van der Waals surface area contributed by atoms with Crippen LogP contribution in [0.2, 0.25) is 0 Å². The molecule has 3 N–H and O–H groups in total. The summed E-state index contributed by atoms with van der Waals surface area (Å²) < 4.78 is 68.2. The minimum absolute atomic E-state index is 0.105. The highest BCUT2D eigenvalue weighted by Gasteiger charge is 2.30. The first kappa shape index (κ1) is 91.1. The number of rotatable bonds is 73. The molecule has 0 heterocycles. The Kier molecular flexibility index (Phi) is 64.6. The summed E-state index contributed by atoms with van der Waals surface area (Å²) in [4.78, 5) is 72.4. The number of hydrogen-bond donors (Lipinski definition) is 3. The van der Waals surface area contributed by atoms with Crippen LogP contribution in [0.4, 0.5) is 0 Å². The van der Waals surface area contributed by atoms with Gasteiger partial charge in [0.1, 0.15) is 19.3 Å². The van der Waals surface area contributed by atoms with Gasteiger partial charge < -0.3 is 33.8 Å². The third kappa shape index (κ3) is 68.4. The van der Waals surface area contributed by atoms with Gasteiger partial charge in [0.2, 0.25) is 0 Å². The molecule has 0 rings (SSSR count). The molecular formula is C74H144O17P2. The number of aliphatic hydroxyl groups is 1. The lowest BCUT2D eigenvalue weighted by atomic mass is 10.0. The molecule has 552 valence electrons. The molecule has 0 fully saturated rings. The molecule has 0 aromatic heterocycles. The van der Waals surface area contributed by atoms with Crippen molar-refractivity contribution in [1.29, 1.82) is 0 Å². The molecule has 0 saturated carbocycles. The number of ether oxygens (including phenoxy) is 4. The van der Waals surface area contributed by atoms with E-state index in [2.05, 4.69) is 41.5 Å². The monoisotopic (exact) mass is 1370 g/mol. The fraction of sp³-hybridized carbons (Fsp3) is 0.946.